The fourth-order valence-corrected chi connectivity index (χ4v) is 2.33. The standard InChI is InChI=1S/C15H20N6O3/c1-3-16-14(18-12(2)21(23)24)15(22)20-10-8-19(9-11-20)13-6-4-5-7-17-13/h4-7H,2-3,8-11H2,1H3,(H,16,18). The maximum Gasteiger partial charge on any atom is 0.315 e. The second-order valence-corrected chi connectivity index (χ2v) is 5.12. The van der Waals surface area contributed by atoms with Crippen molar-refractivity contribution in [3.63, 3.8) is 0 Å². The van der Waals surface area contributed by atoms with E-state index in [0.717, 1.165) is 5.82 Å². The summed E-state index contributed by atoms with van der Waals surface area (Å²) in [5, 5.41) is 13.1. The van der Waals surface area contributed by atoms with Gasteiger partial charge in [-0.05, 0) is 30.6 Å². The Hall–Kier alpha value is -2.97. The predicted octanol–water partition coefficient (Wildman–Crippen LogP) is 0.486. The van der Waals surface area contributed by atoms with Crippen molar-refractivity contribution in [1.29, 1.82) is 0 Å². The van der Waals surface area contributed by atoms with Gasteiger partial charge >= 0.3 is 11.7 Å². The first-order valence-corrected chi connectivity index (χ1v) is 7.63. The SMILES string of the molecule is C=C(NC(=NCC)C(=O)N1CCN(c2ccccn2)CC1)[N+](=O)[O-]. The molecule has 1 amide bonds. The lowest BCUT2D eigenvalue weighted by Gasteiger charge is -2.35. The number of nitrogens with one attached hydrogen (secondary N) is 1. The minimum Gasteiger partial charge on any atom is -0.358 e. The molecule has 9 heteroatoms. The highest BCUT2D eigenvalue weighted by molar-refractivity contribution is 6.38. The van der Waals surface area contributed by atoms with Gasteiger partial charge in [0.1, 0.15) is 5.82 Å². The molecule has 0 spiro atoms. The Bertz CT molecular complexity index is 638. The molecule has 0 aromatic carbocycles. The normalized spacial score (nSPS) is 15.1. The van der Waals surface area contributed by atoms with Gasteiger partial charge in [0.05, 0.1) is 0 Å². The van der Waals surface area contributed by atoms with Crippen LogP contribution in [0.15, 0.2) is 41.8 Å². The number of rotatable bonds is 4. The van der Waals surface area contributed by atoms with Crippen molar-refractivity contribution in [2.24, 2.45) is 4.99 Å². The van der Waals surface area contributed by atoms with Gasteiger partial charge in [-0.1, -0.05) is 6.07 Å². The Morgan fingerprint density at radius 2 is 2.12 bits per heavy atom. The van der Waals surface area contributed by atoms with Gasteiger partial charge in [0, 0.05) is 38.9 Å². The van der Waals surface area contributed by atoms with Crippen LogP contribution in [-0.4, -0.2) is 59.3 Å². The first-order chi connectivity index (χ1) is 11.5. The van der Waals surface area contributed by atoms with Crippen molar-refractivity contribution in [2.75, 3.05) is 37.6 Å². The van der Waals surface area contributed by atoms with E-state index < -0.39 is 10.7 Å². The third kappa shape index (κ3) is 4.28. The number of aliphatic imine (C=N–C) groups is 1. The monoisotopic (exact) mass is 332 g/mol. The Morgan fingerprint density at radius 1 is 1.42 bits per heavy atom. The molecule has 1 aliphatic heterocycles. The van der Waals surface area contributed by atoms with E-state index in [4.69, 9.17) is 0 Å². The number of pyridine rings is 1. The maximum absolute atomic E-state index is 12.5. The summed E-state index contributed by atoms with van der Waals surface area (Å²) in [7, 11) is 0. The first kappa shape index (κ1) is 17.4. The predicted molar refractivity (Wildman–Crippen MR) is 90.3 cm³/mol. The van der Waals surface area contributed by atoms with Crippen LogP contribution in [0, 0.1) is 10.1 Å². The lowest BCUT2D eigenvalue weighted by atomic mass is 10.3. The average Bonchev–Trinajstić information content (AvgIpc) is 2.61. The van der Waals surface area contributed by atoms with Gasteiger partial charge in [-0.2, -0.15) is 0 Å². The zero-order valence-electron chi connectivity index (χ0n) is 13.5. The summed E-state index contributed by atoms with van der Waals surface area (Å²) in [6.07, 6.45) is 1.73. The van der Waals surface area contributed by atoms with E-state index in [1.165, 1.54) is 0 Å². The van der Waals surface area contributed by atoms with E-state index in [9.17, 15) is 14.9 Å². The van der Waals surface area contributed by atoms with Crippen LogP contribution in [0.1, 0.15) is 6.92 Å². The second kappa shape index (κ2) is 8.04. The molecule has 128 valence electrons. The molecule has 1 aliphatic rings. The molecule has 0 bridgehead atoms. The molecule has 9 nitrogen and oxygen atoms in total. The van der Waals surface area contributed by atoms with Crippen molar-refractivity contribution in [3.8, 4) is 0 Å². The van der Waals surface area contributed by atoms with Crippen LogP contribution in [0.4, 0.5) is 5.82 Å². The van der Waals surface area contributed by atoms with E-state index >= 15 is 0 Å². The molecular formula is C15H20N6O3. The van der Waals surface area contributed by atoms with Crippen LogP contribution in [0.5, 0.6) is 0 Å². The van der Waals surface area contributed by atoms with Crippen LogP contribution in [0.3, 0.4) is 0 Å². The average molecular weight is 332 g/mol. The van der Waals surface area contributed by atoms with Crippen molar-refractivity contribution in [3.05, 3.63) is 46.9 Å². The van der Waals surface area contributed by atoms with Crippen molar-refractivity contribution >= 4 is 17.6 Å². The highest BCUT2D eigenvalue weighted by atomic mass is 16.6. The molecule has 1 aromatic rings. The summed E-state index contributed by atoms with van der Waals surface area (Å²) < 4.78 is 0. The van der Waals surface area contributed by atoms with Crippen LogP contribution in [0.25, 0.3) is 0 Å². The van der Waals surface area contributed by atoms with E-state index in [1.54, 1.807) is 18.0 Å². The van der Waals surface area contributed by atoms with Crippen molar-refractivity contribution in [1.82, 2.24) is 15.2 Å². The molecule has 1 N–H and O–H groups in total. The third-order valence-corrected chi connectivity index (χ3v) is 3.54. The maximum atomic E-state index is 12.5. The van der Waals surface area contributed by atoms with Gasteiger partial charge in [-0.3, -0.25) is 4.79 Å². The van der Waals surface area contributed by atoms with Gasteiger partial charge in [0.25, 0.3) is 5.84 Å². The lowest BCUT2D eigenvalue weighted by Crippen LogP contribution is -2.53. The number of anilines is 1. The second-order valence-electron chi connectivity index (χ2n) is 5.12. The lowest BCUT2D eigenvalue weighted by molar-refractivity contribution is -0.429. The van der Waals surface area contributed by atoms with Crippen LogP contribution in [0.2, 0.25) is 0 Å². The Kier molecular flexibility index (Phi) is 5.83. The largest absolute Gasteiger partial charge is 0.358 e. The number of amidine groups is 1. The number of carbonyl (C=O) groups is 1. The molecule has 0 unspecified atom stereocenters. The highest BCUT2D eigenvalue weighted by Crippen LogP contribution is 2.12. The number of piperazine rings is 1. The summed E-state index contributed by atoms with van der Waals surface area (Å²) in [6.45, 7) is 7.63. The number of nitro groups is 1. The van der Waals surface area contributed by atoms with Gasteiger partial charge in [-0.15, -0.1) is 0 Å². The fraction of sp³-hybridized carbons (Fsp3) is 0.400. The van der Waals surface area contributed by atoms with Crippen LogP contribution < -0.4 is 10.2 Å². The van der Waals surface area contributed by atoms with Gasteiger partial charge in [-0.25, -0.2) is 15.3 Å². The van der Waals surface area contributed by atoms with E-state index in [0.29, 0.717) is 32.7 Å². The van der Waals surface area contributed by atoms with E-state index in [1.807, 2.05) is 18.2 Å². The molecule has 0 saturated carbocycles. The molecule has 1 saturated heterocycles. The molecule has 2 heterocycles. The van der Waals surface area contributed by atoms with Gasteiger partial charge in [0.15, 0.2) is 0 Å². The third-order valence-electron chi connectivity index (χ3n) is 3.54. The molecule has 24 heavy (non-hydrogen) atoms. The molecular weight excluding hydrogens is 312 g/mol. The van der Waals surface area contributed by atoms with Gasteiger partial charge in [0.2, 0.25) is 0 Å². The molecule has 1 fully saturated rings. The zero-order chi connectivity index (χ0) is 17.5. The molecule has 1 aromatic heterocycles. The molecule has 2 rings (SSSR count). The minimum absolute atomic E-state index is 0.0505. The summed E-state index contributed by atoms with van der Waals surface area (Å²) in [4.78, 5) is 34.6. The van der Waals surface area contributed by atoms with Crippen LogP contribution in [-0.2, 0) is 4.79 Å². The smallest absolute Gasteiger partial charge is 0.315 e. The highest BCUT2D eigenvalue weighted by Gasteiger charge is 2.28. The molecule has 0 atom stereocenters. The quantitative estimate of drug-likeness (QED) is 0.372. The first-order valence-electron chi connectivity index (χ1n) is 7.63. The van der Waals surface area contributed by atoms with Gasteiger partial charge < -0.3 is 19.9 Å². The Balaban J connectivity index is 1.98. The summed E-state index contributed by atoms with van der Waals surface area (Å²) >= 11 is 0. The summed E-state index contributed by atoms with van der Waals surface area (Å²) in [5.74, 6) is -0.0134. The number of amides is 1. The minimum atomic E-state index is -0.683. The number of carbonyl (C=O) groups excluding carboxylic acids is 1. The summed E-state index contributed by atoms with van der Waals surface area (Å²) in [5.41, 5.74) is 0. The molecule has 0 radical (unpaired) electrons. The van der Waals surface area contributed by atoms with Crippen molar-refractivity contribution < 1.29 is 9.72 Å². The Labute approximate surface area is 139 Å². The summed E-state index contributed by atoms with van der Waals surface area (Å²) in [6, 6.07) is 5.69. The van der Waals surface area contributed by atoms with E-state index in [-0.39, 0.29) is 11.7 Å². The van der Waals surface area contributed by atoms with E-state index in [2.05, 4.69) is 26.8 Å². The number of aromatic nitrogens is 1. The topological polar surface area (TPSA) is 104 Å². The number of nitrogens with zero attached hydrogens (tertiary/aromatic N) is 5. The number of hydrogen-bond donors (Lipinski definition) is 1. The fourth-order valence-electron chi connectivity index (χ4n) is 2.33. The zero-order valence-corrected chi connectivity index (χ0v) is 13.5. The molecule has 0 aliphatic carbocycles. The number of hydrogen-bond acceptors (Lipinski definition) is 6. The van der Waals surface area contributed by atoms with Crippen LogP contribution >= 0.6 is 0 Å². The Morgan fingerprint density at radius 3 is 2.67 bits per heavy atom. The van der Waals surface area contributed by atoms with Crippen molar-refractivity contribution in [2.45, 2.75) is 6.92 Å².